The molecule has 0 radical (unpaired) electrons. The summed E-state index contributed by atoms with van der Waals surface area (Å²) in [5, 5.41) is 2.59. The number of hydrogen-bond donors (Lipinski definition) is 1. The maximum absolute atomic E-state index is 11.5. The molecule has 0 heterocycles. The maximum atomic E-state index is 11.5. The smallest absolute Gasteiger partial charge is 0.329 e. The molecule has 5 heteroatoms. The van der Waals surface area contributed by atoms with Crippen LogP contribution in [-0.2, 0) is 14.3 Å². The molecule has 1 aromatic carbocycles. The molecule has 0 saturated carbocycles. The van der Waals surface area contributed by atoms with E-state index in [4.69, 9.17) is 0 Å². The molecule has 19 heavy (non-hydrogen) atoms. The van der Waals surface area contributed by atoms with E-state index in [2.05, 4.69) is 23.0 Å². The zero-order valence-electron chi connectivity index (χ0n) is 11.6. The Labute approximate surface area is 117 Å². The van der Waals surface area contributed by atoms with E-state index in [1.807, 2.05) is 19.1 Å². The van der Waals surface area contributed by atoms with E-state index < -0.39 is 12.0 Å². The van der Waals surface area contributed by atoms with Gasteiger partial charge in [0.25, 0.3) is 0 Å². The topological polar surface area (TPSA) is 55.4 Å². The normalized spacial score (nSPS) is 11.8. The third-order valence-corrected chi connectivity index (χ3v) is 3.85. The summed E-state index contributed by atoms with van der Waals surface area (Å²) in [7, 11) is 1.32. The molecule has 1 rings (SSSR count). The minimum absolute atomic E-state index is 0.240. The van der Waals surface area contributed by atoms with E-state index in [1.54, 1.807) is 0 Å². The highest BCUT2D eigenvalue weighted by atomic mass is 32.2. The van der Waals surface area contributed by atoms with Gasteiger partial charge in [-0.2, -0.15) is 0 Å². The van der Waals surface area contributed by atoms with Gasteiger partial charge in [0.2, 0.25) is 5.91 Å². The highest BCUT2D eigenvalue weighted by molar-refractivity contribution is 7.99. The summed E-state index contributed by atoms with van der Waals surface area (Å²) >= 11 is 1.52. The lowest BCUT2D eigenvalue weighted by atomic mass is 10.1. The fourth-order valence-corrected chi connectivity index (χ4v) is 2.54. The number of thioether (sulfide) groups is 1. The van der Waals surface area contributed by atoms with Crippen LogP contribution in [0.4, 0.5) is 0 Å². The second kappa shape index (κ2) is 7.19. The molecule has 1 atom stereocenters. The molecule has 0 saturated heterocycles. The molecule has 1 N–H and O–H groups in total. The molecule has 0 aliphatic heterocycles. The first-order valence-electron chi connectivity index (χ1n) is 5.99. The zero-order chi connectivity index (χ0) is 14.4. The predicted octanol–water partition coefficient (Wildman–Crippen LogP) is 2.07. The van der Waals surface area contributed by atoms with E-state index in [-0.39, 0.29) is 5.91 Å². The highest BCUT2D eigenvalue weighted by Crippen LogP contribution is 2.22. The second-order valence-electron chi connectivity index (χ2n) is 4.33. The van der Waals surface area contributed by atoms with Crippen molar-refractivity contribution in [2.24, 2.45) is 0 Å². The fraction of sp³-hybridized carbons (Fsp3) is 0.429. The minimum atomic E-state index is -0.617. The van der Waals surface area contributed by atoms with E-state index in [9.17, 15) is 9.59 Å². The molecule has 0 fully saturated rings. The van der Waals surface area contributed by atoms with Crippen LogP contribution in [0, 0.1) is 13.8 Å². The van der Waals surface area contributed by atoms with Gasteiger partial charge in [-0.15, -0.1) is 11.8 Å². The average Bonchev–Trinajstić information content (AvgIpc) is 2.37. The van der Waals surface area contributed by atoms with Crippen LogP contribution in [0.2, 0.25) is 0 Å². The molecule has 0 aromatic heterocycles. The summed E-state index contributed by atoms with van der Waals surface area (Å²) in [5.74, 6) is -0.211. The summed E-state index contributed by atoms with van der Waals surface area (Å²) < 4.78 is 4.68. The van der Waals surface area contributed by atoms with Crippen molar-refractivity contribution >= 4 is 23.6 Å². The Morgan fingerprint density at radius 2 is 2.00 bits per heavy atom. The van der Waals surface area contributed by atoms with Crippen molar-refractivity contribution in [1.82, 2.24) is 5.32 Å². The van der Waals surface area contributed by atoms with E-state index in [1.165, 1.54) is 36.9 Å². The number of rotatable bonds is 5. The molecular formula is C14H19NO3S. The van der Waals surface area contributed by atoms with Crippen LogP contribution >= 0.6 is 11.8 Å². The van der Waals surface area contributed by atoms with E-state index in [0.29, 0.717) is 5.75 Å². The van der Waals surface area contributed by atoms with Gasteiger partial charge in [-0.1, -0.05) is 6.07 Å². The van der Waals surface area contributed by atoms with Gasteiger partial charge in [0.05, 0.1) is 7.11 Å². The molecule has 0 bridgehead atoms. The lowest BCUT2D eigenvalue weighted by molar-refractivity contribution is -0.144. The standard InChI is InChI=1S/C14H19NO3S/c1-9-5-6-12(7-10(9)2)19-8-13(14(17)18-4)15-11(3)16/h5-7,13H,8H2,1-4H3,(H,15,16). The van der Waals surface area contributed by atoms with Crippen LogP contribution in [0.1, 0.15) is 18.1 Å². The number of methoxy groups -OCH3 is 1. The molecular weight excluding hydrogens is 262 g/mol. The number of aryl methyl sites for hydroxylation is 2. The van der Waals surface area contributed by atoms with Crippen LogP contribution in [-0.4, -0.2) is 30.8 Å². The van der Waals surface area contributed by atoms with Crippen molar-refractivity contribution in [1.29, 1.82) is 0 Å². The van der Waals surface area contributed by atoms with Gasteiger partial charge in [-0.3, -0.25) is 4.79 Å². The first-order valence-corrected chi connectivity index (χ1v) is 6.97. The van der Waals surface area contributed by atoms with Gasteiger partial charge in [0.1, 0.15) is 6.04 Å². The average molecular weight is 281 g/mol. The van der Waals surface area contributed by atoms with Gasteiger partial charge < -0.3 is 10.1 Å². The van der Waals surface area contributed by atoms with Crippen LogP contribution in [0.25, 0.3) is 0 Å². The Bertz CT molecular complexity index is 474. The van der Waals surface area contributed by atoms with Gasteiger partial charge >= 0.3 is 5.97 Å². The quantitative estimate of drug-likeness (QED) is 0.663. The molecule has 0 aliphatic carbocycles. The highest BCUT2D eigenvalue weighted by Gasteiger charge is 2.20. The summed E-state index contributed by atoms with van der Waals surface area (Å²) in [4.78, 5) is 23.7. The fourth-order valence-electron chi connectivity index (χ4n) is 1.54. The Morgan fingerprint density at radius 3 is 2.53 bits per heavy atom. The van der Waals surface area contributed by atoms with Crippen molar-refractivity contribution < 1.29 is 14.3 Å². The van der Waals surface area contributed by atoms with Crippen molar-refractivity contribution in [3.8, 4) is 0 Å². The largest absolute Gasteiger partial charge is 0.467 e. The minimum Gasteiger partial charge on any atom is -0.467 e. The van der Waals surface area contributed by atoms with Crippen LogP contribution in [0.3, 0.4) is 0 Å². The van der Waals surface area contributed by atoms with Gasteiger partial charge in [0, 0.05) is 17.6 Å². The van der Waals surface area contributed by atoms with Crippen molar-refractivity contribution in [3.05, 3.63) is 29.3 Å². The number of ether oxygens (including phenoxy) is 1. The number of esters is 1. The Balaban J connectivity index is 2.67. The first-order chi connectivity index (χ1) is 8.93. The van der Waals surface area contributed by atoms with Crippen LogP contribution < -0.4 is 5.32 Å². The Kier molecular flexibility index (Phi) is 5.89. The lowest BCUT2D eigenvalue weighted by Gasteiger charge is -2.15. The number of amides is 1. The second-order valence-corrected chi connectivity index (χ2v) is 5.43. The van der Waals surface area contributed by atoms with Crippen molar-refractivity contribution in [3.63, 3.8) is 0 Å². The third-order valence-electron chi connectivity index (χ3n) is 2.76. The monoisotopic (exact) mass is 281 g/mol. The molecule has 1 amide bonds. The number of nitrogens with one attached hydrogen (secondary N) is 1. The number of benzene rings is 1. The SMILES string of the molecule is COC(=O)C(CSc1ccc(C)c(C)c1)NC(C)=O. The Hall–Kier alpha value is -1.49. The summed E-state index contributed by atoms with van der Waals surface area (Å²) in [6.45, 7) is 5.49. The molecule has 4 nitrogen and oxygen atoms in total. The Morgan fingerprint density at radius 1 is 1.32 bits per heavy atom. The summed E-state index contributed by atoms with van der Waals surface area (Å²) in [6.07, 6.45) is 0. The number of hydrogen-bond acceptors (Lipinski definition) is 4. The van der Waals surface area contributed by atoms with Gasteiger partial charge in [-0.05, 0) is 37.1 Å². The van der Waals surface area contributed by atoms with Crippen molar-refractivity contribution in [2.75, 3.05) is 12.9 Å². The van der Waals surface area contributed by atoms with Gasteiger partial charge in [0.15, 0.2) is 0 Å². The number of carbonyl (C=O) groups is 2. The summed E-state index contributed by atoms with van der Waals surface area (Å²) in [5.41, 5.74) is 2.44. The zero-order valence-corrected chi connectivity index (χ0v) is 12.5. The predicted molar refractivity (Wildman–Crippen MR) is 76.3 cm³/mol. The molecule has 1 unspecified atom stereocenters. The molecule has 0 spiro atoms. The third kappa shape index (κ3) is 4.95. The summed E-state index contributed by atoms with van der Waals surface area (Å²) in [6, 6.07) is 5.51. The number of carbonyl (C=O) groups excluding carboxylic acids is 2. The van der Waals surface area contributed by atoms with E-state index >= 15 is 0 Å². The molecule has 0 aliphatic rings. The lowest BCUT2D eigenvalue weighted by Crippen LogP contribution is -2.42. The van der Waals surface area contributed by atoms with Crippen LogP contribution in [0.5, 0.6) is 0 Å². The molecule has 1 aromatic rings. The van der Waals surface area contributed by atoms with Crippen LogP contribution in [0.15, 0.2) is 23.1 Å². The molecule has 104 valence electrons. The maximum Gasteiger partial charge on any atom is 0.329 e. The first kappa shape index (κ1) is 15.6. The van der Waals surface area contributed by atoms with Crippen molar-refractivity contribution in [2.45, 2.75) is 31.7 Å². The van der Waals surface area contributed by atoms with E-state index in [0.717, 1.165) is 4.90 Å². The van der Waals surface area contributed by atoms with Gasteiger partial charge in [-0.25, -0.2) is 4.79 Å².